The Labute approximate surface area is 180 Å². The van der Waals surface area contributed by atoms with Gasteiger partial charge < -0.3 is 9.30 Å². The van der Waals surface area contributed by atoms with Gasteiger partial charge in [-0.1, -0.05) is 23.7 Å². The van der Waals surface area contributed by atoms with Crippen LogP contribution in [0.1, 0.15) is 12.0 Å². The highest BCUT2D eigenvalue weighted by Gasteiger charge is 2.47. The Bertz CT molecular complexity index is 935. The van der Waals surface area contributed by atoms with Crippen LogP contribution in [0.3, 0.4) is 0 Å². The third kappa shape index (κ3) is 4.46. The fourth-order valence-corrected chi connectivity index (χ4v) is 4.84. The van der Waals surface area contributed by atoms with Gasteiger partial charge >= 0.3 is 0 Å². The summed E-state index contributed by atoms with van der Waals surface area (Å²) in [5, 5.41) is 2.76. The first kappa shape index (κ1) is 20.3. The van der Waals surface area contributed by atoms with Crippen LogP contribution in [0.2, 0.25) is 5.02 Å². The number of hydrogen-bond donors (Lipinski definition) is 0. The van der Waals surface area contributed by atoms with Crippen LogP contribution in [0.4, 0.5) is 0 Å². The van der Waals surface area contributed by atoms with Gasteiger partial charge in [0, 0.05) is 48.1 Å². The number of rotatable bonds is 7. The average Bonchev–Trinajstić information content (AvgIpc) is 3.36. The number of benzene rings is 2. The Morgan fingerprint density at radius 2 is 2.10 bits per heavy atom. The minimum absolute atomic E-state index is 0.0930. The van der Waals surface area contributed by atoms with E-state index in [9.17, 15) is 0 Å². The summed E-state index contributed by atoms with van der Waals surface area (Å²) in [4.78, 5) is 11.7. The monoisotopic (exact) mass is 429 g/mol. The molecular weight excluding hydrogens is 406 g/mol. The van der Waals surface area contributed by atoms with Gasteiger partial charge in [-0.05, 0) is 42.0 Å². The number of hydrogen-bond acceptors (Lipinski definition) is 5. The Morgan fingerprint density at radius 1 is 1.28 bits per heavy atom. The second kappa shape index (κ2) is 8.79. The van der Waals surface area contributed by atoms with Crippen LogP contribution in [0.25, 0.3) is 0 Å². The largest absolute Gasteiger partial charge is 0.497 e. The van der Waals surface area contributed by atoms with Gasteiger partial charge in [0.25, 0.3) is 0 Å². The zero-order valence-electron chi connectivity index (χ0n) is 16.5. The van der Waals surface area contributed by atoms with Gasteiger partial charge in [-0.2, -0.15) is 5.06 Å². The van der Waals surface area contributed by atoms with Crippen molar-refractivity contribution in [3.05, 3.63) is 77.8 Å². The van der Waals surface area contributed by atoms with Gasteiger partial charge in [0.05, 0.1) is 25.1 Å². The molecule has 0 saturated carbocycles. The highest BCUT2D eigenvalue weighted by molar-refractivity contribution is 7.99. The lowest BCUT2D eigenvalue weighted by molar-refractivity contribution is -0.170. The number of thioether (sulfide) groups is 1. The van der Waals surface area contributed by atoms with E-state index in [0.717, 1.165) is 29.5 Å². The van der Waals surface area contributed by atoms with Gasteiger partial charge in [0.2, 0.25) is 0 Å². The molecule has 1 aliphatic rings. The number of hydroxylamine groups is 2. The lowest BCUT2D eigenvalue weighted by Crippen LogP contribution is -2.41. The van der Waals surface area contributed by atoms with E-state index in [4.69, 9.17) is 21.2 Å². The second-order valence-electron chi connectivity index (χ2n) is 7.19. The van der Waals surface area contributed by atoms with Crippen LogP contribution in [0.15, 0.2) is 72.1 Å². The van der Waals surface area contributed by atoms with Gasteiger partial charge in [0.1, 0.15) is 5.75 Å². The predicted molar refractivity (Wildman–Crippen MR) is 116 cm³/mol. The average molecular weight is 430 g/mol. The van der Waals surface area contributed by atoms with Crippen molar-refractivity contribution in [3.8, 4) is 5.75 Å². The topological polar surface area (TPSA) is 39.5 Å². The molecule has 2 atom stereocenters. The molecule has 5 nitrogen and oxygen atoms in total. The summed E-state index contributed by atoms with van der Waals surface area (Å²) in [6.07, 6.45) is 6.62. The molecule has 4 rings (SSSR count). The summed E-state index contributed by atoms with van der Waals surface area (Å²) >= 11 is 7.78. The van der Waals surface area contributed by atoms with E-state index < -0.39 is 0 Å². The van der Waals surface area contributed by atoms with Crippen molar-refractivity contribution in [1.82, 2.24) is 14.6 Å². The molecule has 0 radical (unpaired) electrons. The lowest BCUT2D eigenvalue weighted by atomic mass is 9.85. The van der Waals surface area contributed by atoms with E-state index in [2.05, 4.69) is 21.7 Å². The SMILES string of the molecule is COc1cccc(C2(Cn3ccnc3)CC(CSc3ccc(Cl)cc3)ON2C)c1. The van der Waals surface area contributed by atoms with Gasteiger partial charge in [-0.3, -0.25) is 4.84 Å². The van der Waals surface area contributed by atoms with Crippen molar-refractivity contribution in [2.24, 2.45) is 0 Å². The van der Waals surface area contributed by atoms with Crippen LogP contribution in [-0.2, 0) is 16.9 Å². The maximum absolute atomic E-state index is 6.31. The first-order chi connectivity index (χ1) is 14.1. The summed E-state index contributed by atoms with van der Waals surface area (Å²) in [5.41, 5.74) is 0.868. The molecule has 0 aliphatic carbocycles. The van der Waals surface area contributed by atoms with Gasteiger partial charge in [-0.15, -0.1) is 11.8 Å². The van der Waals surface area contributed by atoms with Crippen molar-refractivity contribution in [3.63, 3.8) is 0 Å². The van der Waals surface area contributed by atoms with Crippen molar-refractivity contribution in [2.75, 3.05) is 19.9 Å². The standard InChI is InChI=1S/C22H24ClN3O2S/c1-25-22(15-26-11-10-24-16-26,17-4-3-5-19(12-17)27-2)13-20(28-25)14-29-21-8-6-18(23)7-9-21/h3-12,16,20H,13-15H2,1-2H3. The molecule has 0 spiro atoms. The molecule has 29 heavy (non-hydrogen) atoms. The number of likely N-dealkylation sites (N-methyl/N-ethyl adjacent to an activating group) is 1. The second-order valence-corrected chi connectivity index (χ2v) is 8.72. The van der Waals surface area contributed by atoms with Crippen molar-refractivity contribution >= 4 is 23.4 Å². The summed E-state index contributed by atoms with van der Waals surface area (Å²) in [6, 6.07) is 16.2. The molecule has 2 heterocycles. The van der Waals surface area contributed by atoms with Crippen molar-refractivity contribution in [1.29, 1.82) is 0 Å². The fraction of sp³-hybridized carbons (Fsp3) is 0.318. The first-order valence-corrected chi connectivity index (χ1v) is 10.8. The highest BCUT2D eigenvalue weighted by Crippen LogP contribution is 2.43. The number of methoxy groups -OCH3 is 1. The summed E-state index contributed by atoms with van der Waals surface area (Å²) in [5.74, 6) is 1.71. The minimum atomic E-state index is -0.305. The molecule has 1 fully saturated rings. The minimum Gasteiger partial charge on any atom is -0.497 e. The van der Waals surface area contributed by atoms with Crippen LogP contribution < -0.4 is 4.74 Å². The van der Waals surface area contributed by atoms with Gasteiger partial charge in [-0.25, -0.2) is 4.98 Å². The van der Waals surface area contributed by atoms with E-state index in [0.29, 0.717) is 0 Å². The van der Waals surface area contributed by atoms with E-state index in [1.165, 1.54) is 10.5 Å². The molecule has 1 saturated heterocycles. The maximum atomic E-state index is 6.31. The molecule has 2 unspecified atom stereocenters. The van der Waals surface area contributed by atoms with Crippen LogP contribution in [0, 0.1) is 0 Å². The Hall–Kier alpha value is -1.99. The summed E-state index contributed by atoms with van der Waals surface area (Å²) in [6.45, 7) is 0.749. The molecular formula is C22H24ClN3O2S. The van der Waals surface area contributed by atoms with E-state index in [-0.39, 0.29) is 11.6 Å². The molecule has 1 aromatic heterocycles. The van der Waals surface area contributed by atoms with Crippen molar-refractivity contribution in [2.45, 2.75) is 29.5 Å². The lowest BCUT2D eigenvalue weighted by Gasteiger charge is -2.35. The smallest absolute Gasteiger partial charge is 0.119 e. The highest BCUT2D eigenvalue weighted by atomic mass is 35.5. The molecule has 0 N–H and O–H groups in total. The quantitative estimate of drug-likeness (QED) is 0.501. The zero-order valence-corrected chi connectivity index (χ0v) is 18.1. The Balaban J connectivity index is 1.57. The number of aromatic nitrogens is 2. The van der Waals surface area contributed by atoms with E-state index in [1.54, 1.807) is 18.9 Å². The molecule has 152 valence electrons. The molecule has 3 aromatic rings. The number of halogens is 1. The van der Waals surface area contributed by atoms with Crippen molar-refractivity contribution < 1.29 is 9.57 Å². The Kier molecular flexibility index (Phi) is 6.15. The molecule has 0 amide bonds. The molecule has 1 aliphatic heterocycles. The molecule has 0 bridgehead atoms. The number of imidazole rings is 1. The molecule has 7 heteroatoms. The van der Waals surface area contributed by atoms with E-state index in [1.807, 2.05) is 67.2 Å². The fourth-order valence-electron chi connectivity index (χ4n) is 3.83. The normalized spacial score (nSPS) is 22.1. The zero-order chi connectivity index (χ0) is 20.3. The Morgan fingerprint density at radius 3 is 2.83 bits per heavy atom. The predicted octanol–water partition coefficient (Wildman–Crippen LogP) is 4.87. The maximum Gasteiger partial charge on any atom is 0.119 e. The summed E-state index contributed by atoms with van der Waals surface area (Å²) < 4.78 is 7.58. The van der Waals surface area contributed by atoms with Gasteiger partial charge in [0.15, 0.2) is 0 Å². The van der Waals surface area contributed by atoms with E-state index >= 15 is 0 Å². The van der Waals surface area contributed by atoms with Crippen LogP contribution in [-0.4, -0.2) is 40.6 Å². The molecule has 2 aromatic carbocycles. The van der Waals surface area contributed by atoms with Crippen LogP contribution >= 0.6 is 23.4 Å². The number of ether oxygens (including phenoxy) is 1. The van der Waals surface area contributed by atoms with Crippen LogP contribution in [0.5, 0.6) is 5.75 Å². The third-order valence-corrected chi connectivity index (χ3v) is 6.73. The third-order valence-electron chi connectivity index (χ3n) is 5.34. The number of nitrogens with zero attached hydrogens (tertiary/aromatic N) is 3. The first-order valence-electron chi connectivity index (χ1n) is 9.48. The summed E-state index contributed by atoms with van der Waals surface area (Å²) in [7, 11) is 3.71.